The summed E-state index contributed by atoms with van der Waals surface area (Å²) in [6.45, 7) is 12.7. The van der Waals surface area contributed by atoms with Crippen LogP contribution in [-0.2, 0) is 11.3 Å². The molecule has 0 bridgehead atoms. The average molecular weight is 485 g/mol. The molecule has 0 unspecified atom stereocenters. The summed E-state index contributed by atoms with van der Waals surface area (Å²) in [6, 6.07) is 2.17. The molecule has 1 atom stereocenters. The molecule has 8 nitrogen and oxygen atoms in total. The van der Waals surface area contributed by atoms with Gasteiger partial charge >= 0.3 is 6.09 Å². The first-order chi connectivity index (χ1) is 16.9. The minimum atomic E-state index is -0.311. The van der Waals surface area contributed by atoms with E-state index in [0.29, 0.717) is 18.6 Å². The van der Waals surface area contributed by atoms with Gasteiger partial charge in [-0.1, -0.05) is 13.8 Å². The quantitative estimate of drug-likeness (QED) is 0.620. The van der Waals surface area contributed by atoms with Crippen LogP contribution >= 0.6 is 0 Å². The Kier molecular flexibility index (Phi) is 6.70. The molecule has 0 radical (unpaired) electrons. The van der Waals surface area contributed by atoms with Crippen molar-refractivity contribution in [1.82, 2.24) is 24.6 Å². The van der Waals surface area contributed by atoms with Crippen molar-refractivity contribution in [1.29, 1.82) is 0 Å². The fourth-order valence-electron chi connectivity index (χ4n) is 6.06. The lowest BCUT2D eigenvalue weighted by atomic mass is 9.78. The fraction of sp³-hybridized carbons (Fsp3) is 0.654. The van der Waals surface area contributed by atoms with Crippen molar-refractivity contribution in [3.63, 3.8) is 0 Å². The smallest absolute Gasteiger partial charge is 0.409 e. The summed E-state index contributed by atoms with van der Waals surface area (Å²) in [7, 11) is 0. The fourth-order valence-corrected chi connectivity index (χ4v) is 6.06. The monoisotopic (exact) mass is 484 g/mol. The second-order valence-electron chi connectivity index (χ2n) is 10.8. The van der Waals surface area contributed by atoms with E-state index in [4.69, 9.17) is 4.74 Å². The lowest BCUT2D eigenvalue weighted by Crippen LogP contribution is -2.58. The normalized spacial score (nSPS) is 22.1. The zero-order chi connectivity index (χ0) is 24.6. The van der Waals surface area contributed by atoms with E-state index < -0.39 is 0 Å². The number of ether oxygens (including phenoxy) is 1. The molecule has 35 heavy (non-hydrogen) atoms. The van der Waals surface area contributed by atoms with E-state index in [1.165, 1.54) is 19.0 Å². The maximum Gasteiger partial charge on any atom is 0.409 e. The van der Waals surface area contributed by atoms with Crippen LogP contribution in [0.1, 0.15) is 40.0 Å². The van der Waals surface area contributed by atoms with Gasteiger partial charge in [0.1, 0.15) is 5.82 Å². The van der Waals surface area contributed by atoms with Gasteiger partial charge in [0.2, 0.25) is 0 Å². The first-order valence-corrected chi connectivity index (χ1v) is 12.9. The Morgan fingerprint density at radius 1 is 1.23 bits per heavy atom. The number of nitrogens with zero attached hydrogens (tertiary/aromatic N) is 6. The van der Waals surface area contributed by atoms with Crippen LogP contribution in [0.3, 0.4) is 0 Å². The Balaban J connectivity index is 1.20. The van der Waals surface area contributed by atoms with E-state index in [1.807, 2.05) is 28.9 Å². The Labute approximate surface area is 207 Å². The highest BCUT2D eigenvalue weighted by atomic mass is 19.1. The zero-order valence-electron chi connectivity index (χ0n) is 21.1. The number of piperazine rings is 1. The number of anilines is 1. The van der Waals surface area contributed by atoms with Gasteiger partial charge in [-0.05, 0) is 32.1 Å². The molecular weight excluding hydrogens is 447 g/mol. The number of rotatable bonds is 6. The summed E-state index contributed by atoms with van der Waals surface area (Å²) < 4.78 is 21.3. The molecule has 0 aromatic carbocycles. The van der Waals surface area contributed by atoms with Gasteiger partial charge in [0.15, 0.2) is 0 Å². The molecule has 2 aliphatic heterocycles. The third-order valence-corrected chi connectivity index (χ3v) is 7.72. The number of aromatic nitrogens is 3. The van der Waals surface area contributed by atoms with E-state index in [0.717, 1.165) is 69.2 Å². The summed E-state index contributed by atoms with van der Waals surface area (Å²) in [5.74, 6) is 0.189. The van der Waals surface area contributed by atoms with Crippen LogP contribution < -0.4 is 4.90 Å². The van der Waals surface area contributed by atoms with Gasteiger partial charge in [0, 0.05) is 75.1 Å². The summed E-state index contributed by atoms with van der Waals surface area (Å²) in [5.41, 5.74) is 2.84. The standard InChI is InChI=1S/C26H37FN6O2/c1-4-35-25(34)32-17-26(18-32)6-5-22(12-26)30-7-9-31(10-8-30)23-11-21(27)14-28-24(23)20-13-29-33(16-20)15-19(2)3/h11,13-14,16,19,22H,4-10,12,15,17-18H2,1-3H3/t22-/m1/s1. The Morgan fingerprint density at radius 3 is 2.71 bits per heavy atom. The molecular formula is C26H37FN6O2. The summed E-state index contributed by atoms with van der Waals surface area (Å²) >= 11 is 0. The van der Waals surface area contributed by atoms with Gasteiger partial charge in [-0.15, -0.1) is 0 Å². The maximum atomic E-state index is 14.2. The third-order valence-electron chi connectivity index (χ3n) is 7.72. The number of carbonyl (C=O) groups is 1. The van der Waals surface area contributed by atoms with Crippen LogP contribution in [0.25, 0.3) is 11.3 Å². The molecule has 0 N–H and O–H groups in total. The van der Waals surface area contributed by atoms with Gasteiger partial charge in [0.05, 0.1) is 30.4 Å². The van der Waals surface area contributed by atoms with Crippen molar-refractivity contribution in [2.45, 2.75) is 52.6 Å². The maximum absolute atomic E-state index is 14.2. The first-order valence-electron chi connectivity index (χ1n) is 12.9. The molecule has 5 rings (SSSR count). The number of amides is 1. The van der Waals surface area contributed by atoms with Crippen molar-refractivity contribution in [2.75, 3.05) is 50.8 Å². The molecule has 1 spiro atoms. The minimum Gasteiger partial charge on any atom is -0.450 e. The molecule has 1 saturated carbocycles. The number of hydrogen-bond acceptors (Lipinski definition) is 6. The van der Waals surface area contributed by atoms with Crippen LogP contribution in [0.2, 0.25) is 0 Å². The highest BCUT2D eigenvalue weighted by molar-refractivity contribution is 5.74. The van der Waals surface area contributed by atoms with Gasteiger partial charge in [-0.25, -0.2) is 9.18 Å². The molecule has 2 aromatic rings. The van der Waals surface area contributed by atoms with Gasteiger partial charge < -0.3 is 14.5 Å². The Morgan fingerprint density at radius 2 is 2.00 bits per heavy atom. The highest BCUT2D eigenvalue weighted by Crippen LogP contribution is 2.47. The zero-order valence-corrected chi connectivity index (χ0v) is 21.1. The van der Waals surface area contributed by atoms with Crippen molar-refractivity contribution in [3.8, 4) is 11.3 Å². The predicted molar refractivity (Wildman–Crippen MR) is 133 cm³/mol. The largest absolute Gasteiger partial charge is 0.450 e. The first kappa shape index (κ1) is 24.0. The van der Waals surface area contributed by atoms with Crippen LogP contribution in [0.4, 0.5) is 14.9 Å². The highest BCUT2D eigenvalue weighted by Gasteiger charge is 2.51. The van der Waals surface area contributed by atoms with Gasteiger partial charge in [-0.3, -0.25) is 14.6 Å². The van der Waals surface area contributed by atoms with Gasteiger partial charge in [-0.2, -0.15) is 5.10 Å². The molecule has 2 aromatic heterocycles. The Hall–Kier alpha value is -2.68. The van der Waals surface area contributed by atoms with E-state index in [1.54, 1.807) is 6.07 Å². The van der Waals surface area contributed by atoms with Crippen molar-refractivity contribution < 1.29 is 13.9 Å². The summed E-state index contributed by atoms with van der Waals surface area (Å²) in [4.78, 5) is 23.1. The predicted octanol–water partition coefficient (Wildman–Crippen LogP) is 3.87. The average Bonchev–Trinajstić information content (AvgIpc) is 3.46. The molecule has 9 heteroatoms. The van der Waals surface area contributed by atoms with E-state index in [2.05, 4.69) is 33.7 Å². The number of pyridine rings is 1. The van der Waals surface area contributed by atoms with Crippen LogP contribution in [0.15, 0.2) is 24.7 Å². The molecule has 1 amide bonds. The van der Waals surface area contributed by atoms with E-state index in [9.17, 15) is 9.18 Å². The van der Waals surface area contributed by atoms with Gasteiger partial charge in [0.25, 0.3) is 0 Å². The molecule has 3 fully saturated rings. The third kappa shape index (κ3) is 5.01. The van der Waals surface area contributed by atoms with Crippen molar-refractivity contribution >= 4 is 11.8 Å². The SMILES string of the molecule is CCOC(=O)N1CC2(CC[C@@H](N3CCN(c4cc(F)cnc4-c4cnn(CC(C)C)c4)CC3)C2)C1. The number of hydrogen-bond donors (Lipinski definition) is 0. The molecule has 3 aliphatic rings. The molecule has 4 heterocycles. The summed E-state index contributed by atoms with van der Waals surface area (Å²) in [5, 5.41) is 4.48. The van der Waals surface area contributed by atoms with E-state index in [-0.39, 0.29) is 17.3 Å². The van der Waals surface area contributed by atoms with Crippen LogP contribution in [0, 0.1) is 17.2 Å². The minimum absolute atomic E-state index is 0.176. The molecule has 1 aliphatic carbocycles. The number of halogens is 1. The van der Waals surface area contributed by atoms with Crippen molar-refractivity contribution in [2.24, 2.45) is 11.3 Å². The molecule has 190 valence electrons. The molecule has 2 saturated heterocycles. The second kappa shape index (κ2) is 9.76. The number of likely N-dealkylation sites (tertiary alicyclic amines) is 1. The topological polar surface area (TPSA) is 66.7 Å². The Bertz CT molecular complexity index is 1040. The summed E-state index contributed by atoms with van der Waals surface area (Å²) in [6.07, 6.45) is 8.46. The van der Waals surface area contributed by atoms with Crippen molar-refractivity contribution in [3.05, 3.63) is 30.5 Å². The lowest BCUT2D eigenvalue weighted by Gasteiger charge is -2.48. The van der Waals surface area contributed by atoms with Crippen LogP contribution in [0.5, 0.6) is 0 Å². The van der Waals surface area contributed by atoms with E-state index >= 15 is 0 Å². The second-order valence-corrected chi connectivity index (χ2v) is 10.8. The lowest BCUT2D eigenvalue weighted by molar-refractivity contribution is -0.00294. The van der Waals surface area contributed by atoms with Crippen LogP contribution in [-0.4, -0.2) is 82.6 Å². The number of carbonyl (C=O) groups excluding carboxylic acids is 1.